The molecule has 0 amide bonds. The summed E-state index contributed by atoms with van der Waals surface area (Å²) in [6, 6.07) is 17.9. The van der Waals surface area contributed by atoms with Crippen LogP contribution in [0.2, 0.25) is 0 Å². The number of rotatable bonds is 4. The normalized spacial score (nSPS) is 12.1. The minimum Gasteiger partial charge on any atom is -0.294 e. The molecule has 1 heteroatoms. The fraction of sp³-hybridized carbons (Fsp3) is 0.235. The average molecular weight is 238 g/mol. The quantitative estimate of drug-likeness (QED) is 0.734. The molecule has 0 saturated carbocycles. The molecule has 2 rings (SSSR count). The van der Waals surface area contributed by atoms with Gasteiger partial charge in [-0.3, -0.25) is 4.79 Å². The van der Waals surface area contributed by atoms with Crippen LogP contribution in [0.1, 0.15) is 28.4 Å². The van der Waals surface area contributed by atoms with Crippen molar-refractivity contribution in [3.8, 4) is 0 Å². The minimum atomic E-state index is 0.0232. The third-order valence-electron chi connectivity index (χ3n) is 3.17. The molecule has 0 aliphatic carbocycles. The number of benzene rings is 2. The van der Waals surface area contributed by atoms with Crippen LogP contribution in [0.5, 0.6) is 0 Å². The maximum atomic E-state index is 12.2. The van der Waals surface area contributed by atoms with Gasteiger partial charge in [0.25, 0.3) is 0 Å². The Morgan fingerprint density at radius 3 is 2.22 bits per heavy atom. The standard InChI is InChI=1S/C17H18O/c1-13-8-10-15(11-9-13)12-14(2)17(18)16-6-4-3-5-7-16/h3-11,14H,12H2,1-2H3. The van der Waals surface area contributed by atoms with Crippen molar-refractivity contribution in [2.45, 2.75) is 20.3 Å². The lowest BCUT2D eigenvalue weighted by molar-refractivity contribution is 0.0929. The number of carbonyl (C=O) groups is 1. The van der Waals surface area contributed by atoms with Crippen LogP contribution in [-0.2, 0) is 6.42 Å². The molecule has 2 aromatic rings. The molecule has 0 heterocycles. The molecule has 1 unspecified atom stereocenters. The van der Waals surface area contributed by atoms with Gasteiger partial charge in [-0.15, -0.1) is 0 Å². The summed E-state index contributed by atoms with van der Waals surface area (Å²) in [5.74, 6) is 0.242. The van der Waals surface area contributed by atoms with Gasteiger partial charge >= 0.3 is 0 Å². The first-order valence-corrected chi connectivity index (χ1v) is 6.31. The summed E-state index contributed by atoms with van der Waals surface area (Å²) in [5.41, 5.74) is 3.27. The Labute approximate surface area is 108 Å². The van der Waals surface area contributed by atoms with E-state index >= 15 is 0 Å². The lowest BCUT2D eigenvalue weighted by Crippen LogP contribution is -2.13. The summed E-state index contributed by atoms with van der Waals surface area (Å²) in [6.07, 6.45) is 0.800. The molecule has 0 aliphatic rings. The Morgan fingerprint density at radius 1 is 1.00 bits per heavy atom. The zero-order valence-corrected chi connectivity index (χ0v) is 10.9. The first kappa shape index (κ1) is 12.6. The third kappa shape index (κ3) is 3.07. The lowest BCUT2D eigenvalue weighted by atomic mass is 9.93. The number of ketones is 1. The first-order chi connectivity index (χ1) is 8.66. The number of Topliss-reactive ketones (excluding diaryl/α,β-unsaturated/α-hetero) is 1. The van der Waals surface area contributed by atoms with Crippen LogP contribution in [0.3, 0.4) is 0 Å². The zero-order valence-electron chi connectivity index (χ0n) is 10.9. The van der Waals surface area contributed by atoms with Gasteiger partial charge in [0.05, 0.1) is 0 Å². The van der Waals surface area contributed by atoms with Gasteiger partial charge in [-0.1, -0.05) is 67.1 Å². The maximum Gasteiger partial charge on any atom is 0.165 e. The number of carbonyl (C=O) groups excluding carboxylic acids is 1. The topological polar surface area (TPSA) is 17.1 Å². The largest absolute Gasteiger partial charge is 0.294 e. The van der Waals surface area contributed by atoms with Crippen molar-refractivity contribution in [3.63, 3.8) is 0 Å². The van der Waals surface area contributed by atoms with Gasteiger partial charge in [-0.05, 0) is 18.9 Å². The molecule has 0 N–H and O–H groups in total. The number of hydrogen-bond acceptors (Lipinski definition) is 1. The number of hydrogen-bond donors (Lipinski definition) is 0. The predicted molar refractivity (Wildman–Crippen MR) is 74.8 cm³/mol. The SMILES string of the molecule is Cc1ccc(CC(C)C(=O)c2ccccc2)cc1. The highest BCUT2D eigenvalue weighted by Gasteiger charge is 2.15. The molecule has 0 saturated heterocycles. The highest BCUT2D eigenvalue weighted by atomic mass is 16.1. The van der Waals surface area contributed by atoms with Crippen molar-refractivity contribution in [1.29, 1.82) is 0 Å². The minimum absolute atomic E-state index is 0.0232. The van der Waals surface area contributed by atoms with Crippen LogP contribution in [0.25, 0.3) is 0 Å². The molecule has 0 radical (unpaired) electrons. The Bertz CT molecular complexity index is 511. The Kier molecular flexibility index (Phi) is 3.93. The smallest absolute Gasteiger partial charge is 0.165 e. The monoisotopic (exact) mass is 238 g/mol. The fourth-order valence-corrected chi connectivity index (χ4v) is 2.06. The van der Waals surface area contributed by atoms with Crippen LogP contribution in [0, 0.1) is 12.8 Å². The number of aryl methyl sites for hydroxylation is 1. The van der Waals surface area contributed by atoms with E-state index in [-0.39, 0.29) is 11.7 Å². The van der Waals surface area contributed by atoms with Crippen LogP contribution < -0.4 is 0 Å². The maximum absolute atomic E-state index is 12.2. The Hall–Kier alpha value is -1.89. The van der Waals surface area contributed by atoms with Crippen LogP contribution in [-0.4, -0.2) is 5.78 Å². The highest BCUT2D eigenvalue weighted by molar-refractivity contribution is 5.97. The molecule has 2 aromatic carbocycles. The second kappa shape index (κ2) is 5.63. The summed E-state index contributed by atoms with van der Waals surface area (Å²) < 4.78 is 0. The molecule has 1 atom stereocenters. The molecule has 0 aliphatic heterocycles. The van der Waals surface area contributed by atoms with E-state index in [1.807, 2.05) is 37.3 Å². The lowest BCUT2D eigenvalue weighted by Gasteiger charge is -2.10. The molecule has 92 valence electrons. The van der Waals surface area contributed by atoms with Gasteiger partial charge in [0, 0.05) is 11.5 Å². The van der Waals surface area contributed by atoms with E-state index in [2.05, 4.69) is 31.2 Å². The molecule has 0 aromatic heterocycles. The van der Waals surface area contributed by atoms with Crippen LogP contribution in [0.4, 0.5) is 0 Å². The van der Waals surface area contributed by atoms with Crippen molar-refractivity contribution >= 4 is 5.78 Å². The third-order valence-corrected chi connectivity index (χ3v) is 3.17. The summed E-state index contributed by atoms with van der Waals surface area (Å²) in [6.45, 7) is 4.07. The van der Waals surface area contributed by atoms with Gasteiger partial charge < -0.3 is 0 Å². The molecule has 0 spiro atoms. The van der Waals surface area contributed by atoms with Gasteiger partial charge in [0.1, 0.15) is 0 Å². The fourth-order valence-electron chi connectivity index (χ4n) is 2.06. The Morgan fingerprint density at radius 2 is 1.61 bits per heavy atom. The van der Waals surface area contributed by atoms with E-state index in [9.17, 15) is 4.79 Å². The van der Waals surface area contributed by atoms with Crippen LogP contribution in [0.15, 0.2) is 54.6 Å². The zero-order chi connectivity index (χ0) is 13.0. The summed E-state index contributed by atoms with van der Waals surface area (Å²) >= 11 is 0. The second-order valence-electron chi connectivity index (χ2n) is 4.82. The van der Waals surface area contributed by atoms with Crippen molar-refractivity contribution in [3.05, 3.63) is 71.3 Å². The van der Waals surface area contributed by atoms with Gasteiger partial charge in [-0.2, -0.15) is 0 Å². The molecular weight excluding hydrogens is 220 g/mol. The predicted octanol–water partition coefficient (Wildman–Crippen LogP) is 4.06. The van der Waals surface area contributed by atoms with Crippen molar-refractivity contribution in [2.75, 3.05) is 0 Å². The molecule has 0 bridgehead atoms. The summed E-state index contributed by atoms with van der Waals surface area (Å²) in [5, 5.41) is 0. The summed E-state index contributed by atoms with van der Waals surface area (Å²) in [7, 11) is 0. The van der Waals surface area contributed by atoms with Crippen molar-refractivity contribution < 1.29 is 4.79 Å². The average Bonchev–Trinajstić information content (AvgIpc) is 2.41. The Balaban J connectivity index is 2.06. The van der Waals surface area contributed by atoms with Crippen molar-refractivity contribution in [2.24, 2.45) is 5.92 Å². The molecular formula is C17H18O. The second-order valence-corrected chi connectivity index (χ2v) is 4.82. The molecule has 18 heavy (non-hydrogen) atoms. The highest BCUT2D eigenvalue weighted by Crippen LogP contribution is 2.15. The van der Waals surface area contributed by atoms with E-state index in [0.717, 1.165) is 12.0 Å². The van der Waals surface area contributed by atoms with Crippen molar-refractivity contribution in [1.82, 2.24) is 0 Å². The van der Waals surface area contributed by atoms with E-state index in [4.69, 9.17) is 0 Å². The summed E-state index contributed by atoms with van der Waals surface area (Å²) in [4.78, 5) is 12.2. The van der Waals surface area contributed by atoms with E-state index < -0.39 is 0 Å². The van der Waals surface area contributed by atoms with E-state index in [0.29, 0.717) is 0 Å². The van der Waals surface area contributed by atoms with Gasteiger partial charge in [0.15, 0.2) is 5.78 Å². The van der Waals surface area contributed by atoms with Crippen LogP contribution >= 0.6 is 0 Å². The van der Waals surface area contributed by atoms with Gasteiger partial charge in [0.2, 0.25) is 0 Å². The van der Waals surface area contributed by atoms with E-state index in [1.165, 1.54) is 11.1 Å². The van der Waals surface area contributed by atoms with Gasteiger partial charge in [-0.25, -0.2) is 0 Å². The molecule has 1 nitrogen and oxygen atoms in total. The van der Waals surface area contributed by atoms with E-state index in [1.54, 1.807) is 0 Å². The molecule has 0 fully saturated rings. The first-order valence-electron chi connectivity index (χ1n) is 6.31.